The smallest absolute Gasteiger partial charge is 0.334 e. The average Bonchev–Trinajstić information content (AvgIpc) is 2.52. The Morgan fingerprint density at radius 2 is 2.43 bits per heavy atom. The first kappa shape index (κ1) is 10.6. The molecule has 5 heteroatoms. The van der Waals surface area contributed by atoms with Gasteiger partial charge in [0.25, 0.3) is 0 Å². The van der Waals surface area contributed by atoms with Crippen LogP contribution in [0.3, 0.4) is 0 Å². The lowest BCUT2D eigenvalue weighted by Gasteiger charge is -2.13. The van der Waals surface area contributed by atoms with Gasteiger partial charge in [-0.3, -0.25) is 0 Å². The van der Waals surface area contributed by atoms with Crippen molar-refractivity contribution in [2.75, 3.05) is 13.1 Å². The minimum atomic E-state index is -0.524. The van der Waals surface area contributed by atoms with E-state index >= 15 is 0 Å². The molecule has 78 valence electrons. The van der Waals surface area contributed by atoms with E-state index in [0.717, 1.165) is 11.5 Å². The number of carbonyl (C=O) groups excluding carboxylic acids is 2. The van der Waals surface area contributed by atoms with Gasteiger partial charge in [0, 0.05) is 12.1 Å². The summed E-state index contributed by atoms with van der Waals surface area (Å²) in [6.45, 7) is 6.42. The van der Waals surface area contributed by atoms with Crippen LogP contribution >= 0.6 is 0 Å². The highest BCUT2D eigenvalue weighted by Gasteiger charge is 2.24. The van der Waals surface area contributed by atoms with Crippen LogP contribution in [0.25, 0.3) is 0 Å². The highest BCUT2D eigenvalue weighted by Crippen LogP contribution is 2.07. The van der Waals surface area contributed by atoms with E-state index in [4.69, 9.17) is 4.84 Å². The zero-order chi connectivity index (χ0) is 10.6. The first-order chi connectivity index (χ1) is 6.65. The SMILES string of the molecule is C=C(CCC)C(=O)ON1CCNC1=O. The number of hydrogen-bond acceptors (Lipinski definition) is 3. The Kier molecular flexibility index (Phi) is 3.50. The Balaban J connectivity index is 2.40. The first-order valence-electron chi connectivity index (χ1n) is 4.60. The lowest BCUT2D eigenvalue weighted by atomic mass is 10.2. The number of nitrogens with one attached hydrogen (secondary N) is 1. The maximum absolute atomic E-state index is 11.3. The molecule has 5 nitrogen and oxygen atoms in total. The molecule has 1 rings (SSSR count). The molecule has 0 saturated carbocycles. The average molecular weight is 198 g/mol. The number of hydrogen-bond donors (Lipinski definition) is 1. The highest BCUT2D eigenvalue weighted by atomic mass is 16.7. The quantitative estimate of drug-likeness (QED) is 0.680. The normalized spacial score (nSPS) is 15.2. The van der Waals surface area contributed by atoms with Crippen LogP contribution in [-0.4, -0.2) is 30.2 Å². The number of nitrogens with zero attached hydrogens (tertiary/aromatic N) is 1. The summed E-state index contributed by atoms with van der Waals surface area (Å²) in [5.41, 5.74) is 0.396. The first-order valence-corrected chi connectivity index (χ1v) is 4.60. The van der Waals surface area contributed by atoms with Crippen molar-refractivity contribution < 1.29 is 14.4 Å². The van der Waals surface area contributed by atoms with E-state index in [0.29, 0.717) is 25.1 Å². The maximum Gasteiger partial charge on any atom is 0.358 e. The Morgan fingerprint density at radius 1 is 1.71 bits per heavy atom. The number of rotatable bonds is 4. The van der Waals surface area contributed by atoms with E-state index in [1.54, 1.807) is 0 Å². The monoisotopic (exact) mass is 198 g/mol. The summed E-state index contributed by atoms with van der Waals surface area (Å²) < 4.78 is 0. The molecule has 1 saturated heterocycles. The van der Waals surface area contributed by atoms with Gasteiger partial charge in [-0.15, -0.1) is 0 Å². The third-order valence-electron chi connectivity index (χ3n) is 1.85. The van der Waals surface area contributed by atoms with Crippen molar-refractivity contribution in [1.29, 1.82) is 0 Å². The van der Waals surface area contributed by atoms with Crippen LogP contribution in [0.1, 0.15) is 19.8 Å². The van der Waals surface area contributed by atoms with Crippen LogP contribution in [0.4, 0.5) is 4.79 Å². The summed E-state index contributed by atoms with van der Waals surface area (Å²) >= 11 is 0. The van der Waals surface area contributed by atoms with Crippen molar-refractivity contribution in [2.24, 2.45) is 0 Å². The summed E-state index contributed by atoms with van der Waals surface area (Å²) in [7, 11) is 0. The number of urea groups is 1. The van der Waals surface area contributed by atoms with E-state index in [-0.39, 0.29) is 6.03 Å². The van der Waals surface area contributed by atoms with Crippen molar-refractivity contribution in [3.63, 3.8) is 0 Å². The fourth-order valence-electron chi connectivity index (χ4n) is 1.11. The van der Waals surface area contributed by atoms with E-state index in [1.807, 2.05) is 6.92 Å². The number of carbonyl (C=O) groups is 2. The molecule has 1 aliphatic rings. The van der Waals surface area contributed by atoms with Crippen molar-refractivity contribution >= 4 is 12.0 Å². The van der Waals surface area contributed by atoms with Crippen LogP contribution in [0.15, 0.2) is 12.2 Å². The molecular formula is C9H14N2O3. The molecule has 0 spiro atoms. The predicted molar refractivity (Wildman–Crippen MR) is 50.2 cm³/mol. The van der Waals surface area contributed by atoms with Gasteiger partial charge in [-0.25, -0.2) is 9.59 Å². The standard InChI is InChI=1S/C9H14N2O3/c1-3-4-7(2)8(12)14-11-6-5-10-9(11)13/h2-6H2,1H3,(H,10,13). The molecule has 1 fully saturated rings. The van der Waals surface area contributed by atoms with Gasteiger partial charge >= 0.3 is 12.0 Å². The van der Waals surface area contributed by atoms with Gasteiger partial charge in [-0.05, 0) is 6.42 Å². The molecule has 0 radical (unpaired) electrons. The molecule has 0 aromatic heterocycles. The Labute approximate surface area is 82.7 Å². The third kappa shape index (κ3) is 2.48. The molecule has 14 heavy (non-hydrogen) atoms. The molecule has 0 bridgehead atoms. The number of amides is 2. The number of hydroxylamine groups is 2. The fourth-order valence-corrected chi connectivity index (χ4v) is 1.11. The van der Waals surface area contributed by atoms with Gasteiger partial charge in [0.05, 0.1) is 6.54 Å². The minimum Gasteiger partial charge on any atom is -0.334 e. The Hall–Kier alpha value is -1.52. The van der Waals surface area contributed by atoms with Crippen LogP contribution < -0.4 is 5.32 Å². The minimum absolute atomic E-state index is 0.373. The lowest BCUT2D eigenvalue weighted by Crippen LogP contribution is -2.31. The predicted octanol–water partition coefficient (Wildman–Crippen LogP) is 0.826. The van der Waals surface area contributed by atoms with Gasteiger partial charge < -0.3 is 10.2 Å². The highest BCUT2D eigenvalue weighted by molar-refractivity contribution is 5.88. The van der Waals surface area contributed by atoms with Gasteiger partial charge in [0.1, 0.15) is 0 Å². The van der Waals surface area contributed by atoms with Crippen molar-refractivity contribution in [2.45, 2.75) is 19.8 Å². The zero-order valence-corrected chi connectivity index (χ0v) is 8.21. The molecule has 0 aromatic carbocycles. The second kappa shape index (κ2) is 4.64. The Morgan fingerprint density at radius 3 is 2.93 bits per heavy atom. The largest absolute Gasteiger partial charge is 0.358 e. The lowest BCUT2D eigenvalue weighted by molar-refractivity contribution is -0.168. The molecule has 0 atom stereocenters. The maximum atomic E-state index is 11.3. The van der Waals surface area contributed by atoms with Crippen LogP contribution in [-0.2, 0) is 9.63 Å². The van der Waals surface area contributed by atoms with Crippen molar-refractivity contribution in [1.82, 2.24) is 10.4 Å². The van der Waals surface area contributed by atoms with E-state index < -0.39 is 5.97 Å². The molecule has 0 unspecified atom stereocenters. The van der Waals surface area contributed by atoms with Gasteiger partial charge in [-0.1, -0.05) is 19.9 Å². The molecule has 0 aromatic rings. The summed E-state index contributed by atoms with van der Waals surface area (Å²) in [5, 5.41) is 3.54. The molecule has 1 N–H and O–H groups in total. The molecular weight excluding hydrogens is 184 g/mol. The molecule has 1 aliphatic heterocycles. The van der Waals surface area contributed by atoms with E-state index in [9.17, 15) is 9.59 Å². The van der Waals surface area contributed by atoms with E-state index in [2.05, 4.69) is 11.9 Å². The molecule has 1 heterocycles. The second-order valence-electron chi connectivity index (χ2n) is 3.07. The van der Waals surface area contributed by atoms with Gasteiger partial charge in [0.2, 0.25) is 0 Å². The third-order valence-corrected chi connectivity index (χ3v) is 1.85. The summed E-state index contributed by atoms with van der Waals surface area (Å²) in [6, 6.07) is -0.373. The Bertz CT molecular complexity index is 263. The van der Waals surface area contributed by atoms with Crippen LogP contribution in [0.2, 0.25) is 0 Å². The summed E-state index contributed by atoms with van der Waals surface area (Å²) in [5.74, 6) is -0.524. The summed E-state index contributed by atoms with van der Waals surface area (Å²) in [4.78, 5) is 27.1. The topological polar surface area (TPSA) is 58.6 Å². The van der Waals surface area contributed by atoms with Crippen LogP contribution in [0.5, 0.6) is 0 Å². The molecule has 2 amide bonds. The zero-order valence-electron chi connectivity index (χ0n) is 8.21. The van der Waals surface area contributed by atoms with Gasteiger partial charge in [0.15, 0.2) is 0 Å². The van der Waals surface area contributed by atoms with Crippen LogP contribution in [0, 0.1) is 0 Å². The van der Waals surface area contributed by atoms with Gasteiger partial charge in [-0.2, -0.15) is 5.06 Å². The summed E-state index contributed by atoms with van der Waals surface area (Å²) in [6.07, 6.45) is 1.43. The van der Waals surface area contributed by atoms with Crippen molar-refractivity contribution in [3.05, 3.63) is 12.2 Å². The van der Waals surface area contributed by atoms with E-state index in [1.165, 1.54) is 0 Å². The second-order valence-corrected chi connectivity index (χ2v) is 3.07. The molecule has 0 aliphatic carbocycles. The fraction of sp³-hybridized carbons (Fsp3) is 0.556. The van der Waals surface area contributed by atoms with Crippen molar-refractivity contribution in [3.8, 4) is 0 Å².